The van der Waals surface area contributed by atoms with E-state index in [0.29, 0.717) is 18.8 Å². The van der Waals surface area contributed by atoms with Crippen LogP contribution in [0.15, 0.2) is 36.5 Å². The van der Waals surface area contributed by atoms with Crippen LogP contribution in [0.5, 0.6) is 0 Å². The predicted molar refractivity (Wildman–Crippen MR) is 103 cm³/mol. The number of fused-ring (bicyclic) bond motifs is 1. The number of halogens is 1. The number of nitrogens with one attached hydrogen (secondary N) is 2. The Morgan fingerprint density at radius 2 is 2.07 bits per heavy atom. The van der Waals surface area contributed by atoms with Crippen molar-refractivity contribution in [1.29, 1.82) is 0 Å². The summed E-state index contributed by atoms with van der Waals surface area (Å²) in [6.45, 7) is 6.83. The Labute approximate surface area is 162 Å². The quantitative estimate of drug-likeness (QED) is 0.711. The summed E-state index contributed by atoms with van der Waals surface area (Å²) >= 11 is 0. The number of rotatable bonds is 5. The summed E-state index contributed by atoms with van der Waals surface area (Å²) in [7, 11) is 0. The maximum absolute atomic E-state index is 13.2. The number of carbonyl (C=O) groups excluding carboxylic acids is 1. The molecule has 8 heteroatoms. The molecule has 0 saturated heterocycles. The molecule has 0 atom stereocenters. The number of aromatic nitrogens is 4. The van der Waals surface area contributed by atoms with Gasteiger partial charge in [0.1, 0.15) is 5.82 Å². The summed E-state index contributed by atoms with van der Waals surface area (Å²) in [5.41, 5.74) is 4.34. The summed E-state index contributed by atoms with van der Waals surface area (Å²) in [4.78, 5) is 14.5. The summed E-state index contributed by atoms with van der Waals surface area (Å²) in [6.07, 6.45) is 1.81. The van der Waals surface area contributed by atoms with Crippen LogP contribution in [0.3, 0.4) is 0 Å². The van der Waals surface area contributed by atoms with Gasteiger partial charge in [0.25, 0.3) is 5.91 Å². The Balaban J connectivity index is 1.47. The number of H-pyrrole nitrogens is 1. The molecule has 3 aromatic rings. The van der Waals surface area contributed by atoms with E-state index in [1.807, 2.05) is 30.8 Å². The Morgan fingerprint density at radius 3 is 2.82 bits per heavy atom. The van der Waals surface area contributed by atoms with Gasteiger partial charge in [-0.05, 0) is 44.2 Å². The minimum atomic E-state index is -0.258. The molecule has 1 aliphatic rings. The summed E-state index contributed by atoms with van der Waals surface area (Å²) in [5.74, 6) is -0.400. The molecule has 0 aliphatic carbocycles. The van der Waals surface area contributed by atoms with E-state index < -0.39 is 0 Å². The fourth-order valence-electron chi connectivity index (χ4n) is 3.44. The molecule has 0 unspecified atom stereocenters. The van der Waals surface area contributed by atoms with Crippen molar-refractivity contribution in [3.63, 3.8) is 0 Å². The van der Waals surface area contributed by atoms with Gasteiger partial charge in [0.2, 0.25) is 0 Å². The zero-order chi connectivity index (χ0) is 19.7. The maximum Gasteiger partial charge on any atom is 0.271 e. The van der Waals surface area contributed by atoms with Gasteiger partial charge in [0.15, 0.2) is 5.69 Å². The van der Waals surface area contributed by atoms with Crippen LogP contribution in [-0.2, 0) is 19.6 Å². The third-order valence-electron chi connectivity index (χ3n) is 4.77. The topological polar surface area (TPSA) is 78.8 Å². The lowest BCUT2D eigenvalue weighted by Crippen LogP contribution is -2.33. The van der Waals surface area contributed by atoms with Crippen molar-refractivity contribution < 1.29 is 9.18 Å². The molecule has 1 aromatic carbocycles. The first kappa shape index (κ1) is 18.4. The van der Waals surface area contributed by atoms with Crippen molar-refractivity contribution in [2.75, 3.05) is 6.54 Å². The molecule has 1 aliphatic heterocycles. The third kappa shape index (κ3) is 3.82. The fourth-order valence-corrected chi connectivity index (χ4v) is 3.44. The number of nitrogens with zero attached hydrogens (tertiary/aromatic N) is 4. The summed E-state index contributed by atoms with van der Waals surface area (Å²) < 4.78 is 15.1. The molecule has 0 spiro atoms. The average molecular weight is 382 g/mol. The second-order valence-corrected chi connectivity index (χ2v) is 7.36. The predicted octanol–water partition coefficient (Wildman–Crippen LogP) is 2.57. The Hall–Kier alpha value is -3.00. The molecule has 0 fully saturated rings. The van der Waals surface area contributed by atoms with Crippen LogP contribution in [0.1, 0.15) is 35.6 Å². The Morgan fingerprint density at radius 1 is 1.29 bits per heavy atom. The second-order valence-electron chi connectivity index (χ2n) is 7.36. The maximum atomic E-state index is 13.2. The first-order valence-corrected chi connectivity index (χ1v) is 9.37. The minimum Gasteiger partial charge on any atom is -0.348 e. The van der Waals surface area contributed by atoms with Gasteiger partial charge in [-0.1, -0.05) is 0 Å². The standard InChI is InChI=1S/C20H23FN6O/c1-13(2)23-20(28)18-9-17-12-26(7-8-27(17)25-18)11-15-10-22-24-19(15)14-3-5-16(21)6-4-14/h3-6,9-10,13H,7-8,11-12H2,1-2H3,(H,22,24)(H,23,28). The lowest BCUT2D eigenvalue weighted by atomic mass is 10.1. The van der Waals surface area contributed by atoms with Crippen LogP contribution in [0.4, 0.5) is 4.39 Å². The molecule has 2 aromatic heterocycles. The number of amides is 1. The lowest BCUT2D eigenvalue weighted by molar-refractivity contribution is 0.0937. The number of carbonyl (C=O) groups is 1. The molecule has 2 N–H and O–H groups in total. The van der Waals surface area contributed by atoms with Crippen LogP contribution >= 0.6 is 0 Å². The van der Waals surface area contributed by atoms with Gasteiger partial charge in [0.05, 0.1) is 24.1 Å². The van der Waals surface area contributed by atoms with E-state index in [-0.39, 0.29) is 17.8 Å². The van der Waals surface area contributed by atoms with Gasteiger partial charge < -0.3 is 5.32 Å². The van der Waals surface area contributed by atoms with Gasteiger partial charge >= 0.3 is 0 Å². The Kier molecular flexibility index (Phi) is 4.95. The second kappa shape index (κ2) is 7.55. The largest absolute Gasteiger partial charge is 0.348 e. The molecule has 0 bridgehead atoms. The third-order valence-corrected chi connectivity index (χ3v) is 4.77. The van der Waals surface area contributed by atoms with E-state index >= 15 is 0 Å². The highest BCUT2D eigenvalue weighted by atomic mass is 19.1. The molecule has 1 amide bonds. The molecule has 146 valence electrons. The number of hydrogen-bond acceptors (Lipinski definition) is 4. The van der Waals surface area contributed by atoms with Gasteiger partial charge in [-0.3, -0.25) is 19.5 Å². The van der Waals surface area contributed by atoms with Crippen LogP contribution in [0.25, 0.3) is 11.3 Å². The van der Waals surface area contributed by atoms with Gasteiger partial charge in [-0.15, -0.1) is 0 Å². The highest BCUT2D eigenvalue weighted by molar-refractivity contribution is 5.92. The number of aromatic amines is 1. The van der Waals surface area contributed by atoms with E-state index in [4.69, 9.17) is 0 Å². The highest BCUT2D eigenvalue weighted by Crippen LogP contribution is 2.24. The minimum absolute atomic E-state index is 0.0775. The van der Waals surface area contributed by atoms with Gasteiger partial charge in [-0.25, -0.2) is 4.39 Å². The van der Waals surface area contributed by atoms with Crippen LogP contribution < -0.4 is 5.32 Å². The molecule has 0 saturated carbocycles. The van der Waals surface area contributed by atoms with Gasteiger partial charge in [0, 0.05) is 36.8 Å². The molecular weight excluding hydrogens is 359 g/mol. The first-order chi connectivity index (χ1) is 13.5. The van der Waals surface area contributed by atoms with Crippen molar-refractivity contribution in [3.05, 3.63) is 59.3 Å². The molecule has 3 heterocycles. The van der Waals surface area contributed by atoms with E-state index in [1.54, 1.807) is 12.1 Å². The zero-order valence-corrected chi connectivity index (χ0v) is 15.9. The van der Waals surface area contributed by atoms with E-state index in [0.717, 1.165) is 35.6 Å². The normalized spacial score (nSPS) is 14.3. The highest BCUT2D eigenvalue weighted by Gasteiger charge is 2.22. The number of hydrogen-bond donors (Lipinski definition) is 2. The molecule has 0 radical (unpaired) electrons. The van der Waals surface area contributed by atoms with Crippen LogP contribution in [0, 0.1) is 5.82 Å². The lowest BCUT2D eigenvalue weighted by Gasteiger charge is -2.27. The molecule has 7 nitrogen and oxygen atoms in total. The first-order valence-electron chi connectivity index (χ1n) is 9.37. The SMILES string of the molecule is CC(C)NC(=O)c1cc2n(n1)CCN(Cc1cn[nH]c1-c1ccc(F)cc1)C2. The van der Waals surface area contributed by atoms with Crippen LogP contribution in [-0.4, -0.2) is 43.4 Å². The molecule has 28 heavy (non-hydrogen) atoms. The van der Waals surface area contributed by atoms with E-state index in [1.165, 1.54) is 12.1 Å². The zero-order valence-electron chi connectivity index (χ0n) is 15.9. The van der Waals surface area contributed by atoms with Crippen molar-refractivity contribution in [2.24, 2.45) is 0 Å². The van der Waals surface area contributed by atoms with Crippen molar-refractivity contribution in [1.82, 2.24) is 30.2 Å². The van der Waals surface area contributed by atoms with Gasteiger partial charge in [-0.2, -0.15) is 10.2 Å². The monoisotopic (exact) mass is 382 g/mol. The molecular formula is C20H23FN6O. The van der Waals surface area contributed by atoms with Crippen molar-refractivity contribution in [2.45, 2.75) is 39.5 Å². The smallest absolute Gasteiger partial charge is 0.271 e. The fraction of sp³-hybridized carbons (Fsp3) is 0.350. The van der Waals surface area contributed by atoms with E-state index in [9.17, 15) is 9.18 Å². The van der Waals surface area contributed by atoms with E-state index in [2.05, 4.69) is 25.5 Å². The molecule has 4 rings (SSSR count). The number of benzene rings is 1. The average Bonchev–Trinajstić information content (AvgIpc) is 3.28. The van der Waals surface area contributed by atoms with Crippen molar-refractivity contribution in [3.8, 4) is 11.3 Å². The summed E-state index contributed by atoms with van der Waals surface area (Å²) in [5, 5.41) is 14.5. The summed E-state index contributed by atoms with van der Waals surface area (Å²) in [6, 6.07) is 8.33. The van der Waals surface area contributed by atoms with Crippen LogP contribution in [0.2, 0.25) is 0 Å². The Bertz CT molecular complexity index is 975. The van der Waals surface area contributed by atoms with Crippen molar-refractivity contribution >= 4 is 5.91 Å².